The van der Waals surface area contributed by atoms with Crippen LogP contribution in [0, 0.1) is 5.41 Å². The number of carbonyl (C=O) groups excluding carboxylic acids is 1. The van der Waals surface area contributed by atoms with Crippen molar-refractivity contribution in [3.05, 3.63) is 0 Å². The van der Waals surface area contributed by atoms with E-state index in [1.165, 1.54) is 0 Å². The number of alkyl halides is 1. The summed E-state index contributed by atoms with van der Waals surface area (Å²) in [7, 11) is 0. The molecule has 1 fully saturated rings. The fourth-order valence-electron chi connectivity index (χ4n) is 1.09. The molecule has 0 radical (unpaired) electrons. The molecule has 0 saturated carbocycles. The molecule has 0 amide bonds. The van der Waals surface area contributed by atoms with Crippen LogP contribution in [0.1, 0.15) is 20.3 Å². The number of hydrogen-bond donors (Lipinski definition) is 1. The number of ether oxygens (including phenoxy) is 1. The van der Waals surface area contributed by atoms with Crippen molar-refractivity contribution < 1.29 is 14.6 Å². The minimum Gasteiger partial charge on any atom is -0.434 e. The molecule has 0 aliphatic carbocycles. The van der Waals surface area contributed by atoms with Gasteiger partial charge in [0.15, 0.2) is 0 Å². The van der Waals surface area contributed by atoms with Crippen LogP contribution in [0.25, 0.3) is 0 Å². The topological polar surface area (TPSA) is 46.5 Å². The Bertz CT molecular complexity index is 179. The van der Waals surface area contributed by atoms with Gasteiger partial charge in [0.25, 0.3) is 0 Å². The second-order valence-electron chi connectivity index (χ2n) is 3.45. The van der Waals surface area contributed by atoms with Crippen molar-refractivity contribution in [3.63, 3.8) is 0 Å². The normalized spacial score (nSPS) is 36.5. The molecule has 4 heteroatoms. The number of carbonyl (C=O) groups is 1. The maximum Gasteiger partial charge on any atom is 0.308 e. The summed E-state index contributed by atoms with van der Waals surface area (Å²) >= 11 is 5.80. The van der Waals surface area contributed by atoms with E-state index in [0.29, 0.717) is 0 Å². The smallest absolute Gasteiger partial charge is 0.308 e. The van der Waals surface area contributed by atoms with Crippen LogP contribution in [0.5, 0.6) is 0 Å². The summed E-state index contributed by atoms with van der Waals surface area (Å²) in [6.45, 7) is 3.66. The largest absolute Gasteiger partial charge is 0.434 e. The first-order valence-corrected chi connectivity index (χ1v) is 3.89. The SMILES string of the molecule is CC1(C)CC(=O)O[C@@H](O)[C@@H]1Cl. The van der Waals surface area contributed by atoms with E-state index in [9.17, 15) is 4.79 Å². The first-order chi connectivity index (χ1) is 4.93. The Morgan fingerprint density at radius 1 is 1.73 bits per heavy atom. The first kappa shape index (κ1) is 8.81. The Morgan fingerprint density at radius 2 is 2.27 bits per heavy atom. The predicted octanol–water partition coefficient (Wildman–Crippen LogP) is 0.885. The van der Waals surface area contributed by atoms with Gasteiger partial charge in [-0.2, -0.15) is 0 Å². The molecule has 2 atom stereocenters. The minimum atomic E-state index is -1.16. The minimum absolute atomic E-state index is 0.262. The molecule has 3 nitrogen and oxygen atoms in total. The third-order valence-corrected chi connectivity index (χ3v) is 2.66. The van der Waals surface area contributed by atoms with Crippen LogP contribution in [0.3, 0.4) is 0 Å². The van der Waals surface area contributed by atoms with Crippen molar-refractivity contribution in [2.45, 2.75) is 31.9 Å². The third kappa shape index (κ3) is 1.65. The van der Waals surface area contributed by atoms with Gasteiger partial charge in [-0.05, 0) is 5.41 Å². The molecule has 0 unspecified atom stereocenters. The zero-order valence-corrected chi connectivity index (χ0v) is 7.26. The number of esters is 1. The lowest BCUT2D eigenvalue weighted by atomic mass is 9.83. The van der Waals surface area contributed by atoms with Crippen molar-refractivity contribution in [1.82, 2.24) is 0 Å². The summed E-state index contributed by atoms with van der Waals surface area (Å²) in [5, 5.41) is 8.60. The predicted molar refractivity (Wildman–Crippen MR) is 40.1 cm³/mol. The van der Waals surface area contributed by atoms with Crippen LogP contribution in [-0.4, -0.2) is 22.7 Å². The van der Waals surface area contributed by atoms with Gasteiger partial charge >= 0.3 is 5.97 Å². The Kier molecular flexibility index (Phi) is 2.12. The van der Waals surface area contributed by atoms with Gasteiger partial charge in [0.2, 0.25) is 6.29 Å². The van der Waals surface area contributed by atoms with E-state index in [1.54, 1.807) is 0 Å². The maximum absolute atomic E-state index is 10.8. The lowest BCUT2D eigenvalue weighted by molar-refractivity contribution is -0.185. The second kappa shape index (κ2) is 2.64. The van der Waals surface area contributed by atoms with Gasteiger partial charge in [-0.3, -0.25) is 4.79 Å². The van der Waals surface area contributed by atoms with E-state index in [4.69, 9.17) is 16.7 Å². The van der Waals surface area contributed by atoms with E-state index in [1.807, 2.05) is 13.8 Å². The Morgan fingerprint density at radius 3 is 2.73 bits per heavy atom. The van der Waals surface area contributed by atoms with Gasteiger partial charge in [0, 0.05) is 0 Å². The summed E-state index contributed by atoms with van der Waals surface area (Å²) in [5.74, 6) is -0.389. The van der Waals surface area contributed by atoms with Crippen molar-refractivity contribution in [3.8, 4) is 0 Å². The van der Waals surface area contributed by atoms with Crippen molar-refractivity contribution in [1.29, 1.82) is 0 Å². The van der Waals surface area contributed by atoms with Crippen LogP contribution in [0.4, 0.5) is 0 Å². The molecule has 1 saturated heterocycles. The Labute approximate surface area is 70.3 Å². The van der Waals surface area contributed by atoms with Gasteiger partial charge in [-0.15, -0.1) is 11.6 Å². The van der Waals surface area contributed by atoms with Gasteiger partial charge in [0.05, 0.1) is 6.42 Å². The average Bonchev–Trinajstić information content (AvgIpc) is 1.81. The number of rotatable bonds is 0. The quantitative estimate of drug-likeness (QED) is 0.443. The molecular weight excluding hydrogens is 168 g/mol. The van der Waals surface area contributed by atoms with Crippen LogP contribution in [0.2, 0.25) is 0 Å². The molecule has 1 rings (SSSR count). The molecule has 0 aromatic rings. The van der Waals surface area contributed by atoms with Crippen molar-refractivity contribution in [2.24, 2.45) is 5.41 Å². The lowest BCUT2D eigenvalue weighted by Crippen LogP contribution is -2.45. The molecule has 64 valence electrons. The summed E-state index contributed by atoms with van der Waals surface area (Å²) in [5.41, 5.74) is -0.379. The Balaban J connectivity index is 2.75. The summed E-state index contributed by atoms with van der Waals surface area (Å²) in [6.07, 6.45) is -0.897. The molecule has 1 aliphatic heterocycles. The summed E-state index contributed by atoms with van der Waals surface area (Å²) in [6, 6.07) is 0. The standard InChI is InChI=1S/C7H11ClO3/c1-7(2)3-4(9)11-6(10)5(7)8/h5-6,10H,3H2,1-2H3/t5-,6+/m0/s1. The zero-order valence-electron chi connectivity index (χ0n) is 6.50. The average molecular weight is 179 g/mol. The monoisotopic (exact) mass is 178 g/mol. The highest BCUT2D eigenvalue weighted by Crippen LogP contribution is 2.36. The lowest BCUT2D eigenvalue weighted by Gasteiger charge is -2.36. The highest BCUT2D eigenvalue weighted by Gasteiger charge is 2.42. The highest BCUT2D eigenvalue weighted by molar-refractivity contribution is 6.21. The highest BCUT2D eigenvalue weighted by atomic mass is 35.5. The number of aliphatic hydroxyl groups excluding tert-OH is 1. The summed E-state index contributed by atoms with van der Waals surface area (Å²) < 4.78 is 4.52. The van der Waals surface area contributed by atoms with Gasteiger partial charge < -0.3 is 9.84 Å². The first-order valence-electron chi connectivity index (χ1n) is 3.45. The number of cyclic esters (lactones) is 1. The van der Waals surface area contributed by atoms with Gasteiger partial charge in [-0.1, -0.05) is 13.8 Å². The van der Waals surface area contributed by atoms with E-state index in [2.05, 4.69) is 4.74 Å². The number of aliphatic hydroxyl groups is 1. The van der Waals surface area contributed by atoms with Crippen molar-refractivity contribution >= 4 is 17.6 Å². The molecule has 0 spiro atoms. The molecule has 11 heavy (non-hydrogen) atoms. The Hall–Kier alpha value is -0.280. The zero-order chi connectivity index (χ0) is 8.65. The summed E-state index contributed by atoms with van der Waals surface area (Å²) in [4.78, 5) is 10.8. The second-order valence-corrected chi connectivity index (χ2v) is 3.92. The van der Waals surface area contributed by atoms with Crippen LogP contribution < -0.4 is 0 Å². The third-order valence-electron chi connectivity index (χ3n) is 1.85. The molecule has 0 bridgehead atoms. The maximum atomic E-state index is 10.8. The van der Waals surface area contributed by atoms with Crippen LogP contribution in [0.15, 0.2) is 0 Å². The van der Waals surface area contributed by atoms with Crippen molar-refractivity contribution in [2.75, 3.05) is 0 Å². The van der Waals surface area contributed by atoms with E-state index < -0.39 is 11.7 Å². The number of halogens is 1. The van der Waals surface area contributed by atoms with E-state index >= 15 is 0 Å². The van der Waals surface area contributed by atoms with Crippen LogP contribution in [-0.2, 0) is 9.53 Å². The molecule has 0 aromatic carbocycles. The van der Waals surface area contributed by atoms with E-state index in [-0.39, 0.29) is 17.8 Å². The van der Waals surface area contributed by atoms with E-state index in [0.717, 1.165) is 0 Å². The molecule has 1 heterocycles. The molecule has 1 N–H and O–H groups in total. The number of hydrogen-bond acceptors (Lipinski definition) is 3. The molecule has 0 aromatic heterocycles. The fraction of sp³-hybridized carbons (Fsp3) is 0.857. The van der Waals surface area contributed by atoms with Crippen LogP contribution >= 0.6 is 11.6 Å². The fourth-order valence-corrected chi connectivity index (χ4v) is 1.22. The van der Waals surface area contributed by atoms with Gasteiger partial charge in [-0.25, -0.2) is 0 Å². The molecular formula is C7H11ClO3. The molecule has 1 aliphatic rings. The van der Waals surface area contributed by atoms with Gasteiger partial charge in [0.1, 0.15) is 5.38 Å².